The number of alkyl halides is 1. The van der Waals surface area contributed by atoms with Crippen LogP contribution in [0.1, 0.15) is 36.4 Å². The Balaban J connectivity index is 0.000000292. The number of carbonyl (C=O) groups is 2. The van der Waals surface area contributed by atoms with Crippen molar-refractivity contribution in [3.8, 4) is 5.88 Å². The minimum absolute atomic E-state index is 0.0309. The minimum atomic E-state index is -1.24. The first kappa shape index (κ1) is 46.8. The lowest BCUT2D eigenvalue weighted by atomic mass is 10.2. The van der Waals surface area contributed by atoms with E-state index in [0.717, 1.165) is 33.6 Å². The van der Waals surface area contributed by atoms with E-state index >= 15 is 0 Å². The number of ether oxygens (including phenoxy) is 3. The molecule has 0 aromatic carbocycles. The lowest BCUT2D eigenvalue weighted by Gasteiger charge is -2.14. The Kier molecular flexibility index (Phi) is 17.5. The number of aromatic nitrogens is 8. The van der Waals surface area contributed by atoms with Gasteiger partial charge in [0, 0.05) is 50.5 Å². The van der Waals surface area contributed by atoms with Crippen LogP contribution in [0.2, 0.25) is 0 Å². The second-order valence-electron chi connectivity index (χ2n) is 12.5. The number of aliphatic hydroxyl groups excluding tert-OH is 4. The van der Waals surface area contributed by atoms with E-state index in [2.05, 4.69) is 52.7 Å². The van der Waals surface area contributed by atoms with Crippen LogP contribution in [-0.4, -0.2) is 138 Å². The van der Waals surface area contributed by atoms with Crippen molar-refractivity contribution in [2.75, 3.05) is 37.8 Å². The van der Waals surface area contributed by atoms with Crippen LogP contribution >= 0.6 is 22.6 Å². The number of hydrogen-bond donors (Lipinski definition) is 8. The van der Waals surface area contributed by atoms with E-state index in [-0.39, 0.29) is 49.5 Å². The molecule has 0 spiro atoms. The molecule has 6 atom stereocenters. The normalized spacial score (nSPS) is 20.9. The molecule has 322 valence electrons. The fourth-order valence-corrected chi connectivity index (χ4v) is 5.77. The maximum absolute atomic E-state index is 12.3. The zero-order valence-corrected chi connectivity index (χ0v) is 33.8. The molecule has 8 N–H and O–H groups in total. The van der Waals surface area contributed by atoms with Crippen LogP contribution in [0, 0.1) is 6.57 Å². The van der Waals surface area contributed by atoms with Gasteiger partial charge in [-0.05, 0) is 17.1 Å². The van der Waals surface area contributed by atoms with Crippen LogP contribution in [0.25, 0.3) is 28.2 Å². The van der Waals surface area contributed by atoms with Crippen molar-refractivity contribution in [1.29, 1.82) is 0 Å². The van der Waals surface area contributed by atoms with Gasteiger partial charge >= 0.3 is 17.3 Å². The summed E-state index contributed by atoms with van der Waals surface area (Å²) in [6.45, 7) is 6.94. The van der Waals surface area contributed by atoms with Crippen molar-refractivity contribution in [2.45, 2.75) is 56.3 Å². The predicted molar refractivity (Wildman–Crippen MR) is 217 cm³/mol. The predicted octanol–water partition coefficient (Wildman–Crippen LogP) is -2.23. The highest BCUT2D eigenvalue weighted by atomic mass is 127. The number of fused-ring (bicyclic) bond motifs is 1. The molecule has 2 aliphatic heterocycles. The first-order valence-corrected chi connectivity index (χ1v) is 19.9. The van der Waals surface area contributed by atoms with Crippen LogP contribution in [0.15, 0.2) is 56.4 Å². The molecule has 25 heteroatoms. The molecule has 2 aliphatic rings. The molecule has 0 saturated carbocycles. The van der Waals surface area contributed by atoms with Crippen LogP contribution in [0.5, 0.6) is 5.88 Å². The van der Waals surface area contributed by atoms with Gasteiger partial charge in [-0.15, -0.1) is 0 Å². The fraction of sp³-hybridized carbons (Fsp3) is 0.429. The number of carboxylic acid groups (broad SMARTS) is 1. The van der Waals surface area contributed by atoms with E-state index in [0.29, 0.717) is 17.7 Å². The number of aliphatic carboxylic acids is 1. The van der Waals surface area contributed by atoms with Gasteiger partial charge < -0.3 is 54.5 Å². The van der Waals surface area contributed by atoms with Crippen LogP contribution in [-0.2, 0) is 25.6 Å². The Morgan fingerprint density at radius 1 is 0.933 bits per heavy atom. The Morgan fingerprint density at radius 2 is 1.48 bits per heavy atom. The summed E-state index contributed by atoms with van der Waals surface area (Å²) < 4.78 is 20.1. The highest BCUT2D eigenvalue weighted by Gasteiger charge is 2.36. The molecule has 60 heavy (non-hydrogen) atoms. The third kappa shape index (κ3) is 12.1. The lowest BCUT2D eigenvalue weighted by molar-refractivity contribution is -0.131. The fourth-order valence-electron chi connectivity index (χ4n) is 5.77. The van der Waals surface area contributed by atoms with Crippen LogP contribution in [0.4, 0.5) is 0 Å². The van der Waals surface area contributed by atoms with Gasteiger partial charge in [-0.1, -0.05) is 22.6 Å². The number of rotatable bonds is 14. The molecule has 0 radical (unpaired) electrons. The Labute approximate surface area is 351 Å². The number of halogens is 1. The molecule has 4 aromatic rings. The van der Waals surface area contributed by atoms with Crippen molar-refractivity contribution in [1.82, 2.24) is 43.9 Å². The average molecular weight is 953 g/mol. The number of amides is 1. The summed E-state index contributed by atoms with van der Waals surface area (Å²) in [4.78, 5) is 92.3. The molecule has 6 rings (SSSR count). The second kappa shape index (κ2) is 22.5. The van der Waals surface area contributed by atoms with Gasteiger partial charge in [0.1, 0.15) is 31.0 Å². The Bertz CT molecular complexity index is 2450. The molecule has 4 aromatic heterocycles. The number of aromatic amines is 2. The summed E-state index contributed by atoms with van der Waals surface area (Å²) in [7, 11) is 0. The van der Waals surface area contributed by atoms with Gasteiger partial charge in [-0.25, -0.2) is 30.9 Å². The van der Waals surface area contributed by atoms with Crippen molar-refractivity contribution in [3.63, 3.8) is 0 Å². The van der Waals surface area contributed by atoms with E-state index in [1.54, 1.807) is 4.57 Å². The number of carbonyl (C=O) groups excluding carboxylic acids is 1. The maximum Gasteiger partial charge on any atom is 0.330 e. The van der Waals surface area contributed by atoms with Gasteiger partial charge in [0.05, 0.1) is 42.9 Å². The molecule has 6 heterocycles. The largest absolute Gasteiger partial charge is 0.478 e. The molecule has 24 nitrogen and oxygen atoms in total. The molecule has 0 aliphatic carbocycles. The smallest absolute Gasteiger partial charge is 0.330 e. The lowest BCUT2D eigenvalue weighted by Crippen LogP contribution is -2.33. The molecule has 0 bridgehead atoms. The Hall–Kier alpha value is -5.89. The number of nitrogens with zero attached hydrogens (tertiary/aromatic N) is 7. The standard InChI is InChI=1S/C22H24N8O7.C12H14N2O7.CH3I/c1-23-5-7-36-21-18-19(25-11-26-21)29(12-27-18)6-4-24-16(33)3-2-13-9-30(22(35)28-20(13)34)17-8-14(32)15(10-31)37-17;15-5-8-7(16)3-9(21-8)14-4-6(1-2-10(17)18)11(19)13-12(14)20;1-2/h2-3,9,11-12,14-15,17,31-32H,4-8,10H2,(H,24,33)(H,28,34,35);1-2,4,7-9,15-16H,3,5H2,(H,17,18)(H,13,19,20);1H3/b3-2+;2-1+;/t14?,15-,17-;7?,8-,9-;/m11./s1. The molecule has 2 saturated heterocycles. The molecular weight excluding hydrogens is 911 g/mol. The topological polar surface area (TPSA) is 333 Å². The number of H-pyrrole nitrogens is 2. The van der Waals surface area contributed by atoms with E-state index < -0.39 is 84.5 Å². The third-order valence-corrected chi connectivity index (χ3v) is 8.66. The first-order valence-electron chi connectivity index (χ1n) is 17.8. The molecular formula is C35H41IN10O14. The van der Waals surface area contributed by atoms with Crippen LogP contribution in [0.3, 0.4) is 0 Å². The highest BCUT2D eigenvalue weighted by Crippen LogP contribution is 2.28. The number of nitrogens with one attached hydrogen (secondary N) is 3. The number of carboxylic acids is 1. The average Bonchev–Trinajstić information content (AvgIpc) is 3.94. The summed E-state index contributed by atoms with van der Waals surface area (Å²) in [5.74, 6) is -1.44. The second-order valence-corrected chi connectivity index (χ2v) is 12.5. The zero-order valence-electron chi connectivity index (χ0n) is 31.7. The quantitative estimate of drug-likeness (QED) is 0.0218. The summed E-state index contributed by atoms with van der Waals surface area (Å²) >= 11 is 2.15. The maximum atomic E-state index is 12.3. The summed E-state index contributed by atoms with van der Waals surface area (Å²) in [5, 5.41) is 49.0. The monoisotopic (exact) mass is 952 g/mol. The molecule has 2 fully saturated rings. The van der Waals surface area contributed by atoms with Crippen LogP contribution < -0.4 is 32.6 Å². The Morgan fingerprint density at radius 3 is 1.98 bits per heavy atom. The van der Waals surface area contributed by atoms with Gasteiger partial charge in [-0.2, -0.15) is 4.98 Å². The van der Waals surface area contributed by atoms with E-state index in [9.17, 15) is 44.1 Å². The highest BCUT2D eigenvalue weighted by molar-refractivity contribution is 14.1. The van der Waals surface area contributed by atoms with Gasteiger partial charge in [0.25, 0.3) is 11.1 Å². The van der Waals surface area contributed by atoms with Crippen molar-refractivity contribution in [2.24, 2.45) is 0 Å². The van der Waals surface area contributed by atoms with E-state index in [1.165, 1.54) is 24.9 Å². The summed E-state index contributed by atoms with van der Waals surface area (Å²) in [5.41, 5.74) is -1.97. The number of imidazole rings is 1. The SMILES string of the molecule is CI.O=C(O)/C=C/c1cn([C@H]2CC(O)[C@@H](CO)O2)c(=O)[nH]c1=O.[C-]#[N+]CCOc1ncnc2c1ncn2CCNC(=O)/C=C/c1cn([C@H]2CC(O)[C@@H](CO)O2)c(=O)[nH]c1=O. The van der Waals surface area contributed by atoms with Crippen molar-refractivity contribution >= 4 is 57.8 Å². The summed E-state index contributed by atoms with van der Waals surface area (Å²) in [6, 6.07) is 0. The third-order valence-electron chi connectivity index (χ3n) is 8.66. The first-order chi connectivity index (χ1) is 28.8. The summed E-state index contributed by atoms with van der Waals surface area (Å²) in [6.07, 6.45) is 4.33. The van der Waals surface area contributed by atoms with Crippen molar-refractivity contribution < 1.29 is 49.3 Å². The van der Waals surface area contributed by atoms with Gasteiger partial charge in [0.15, 0.2) is 17.8 Å². The number of hydrogen-bond acceptors (Lipinski definition) is 16. The van der Waals surface area contributed by atoms with Gasteiger partial charge in [0.2, 0.25) is 18.3 Å². The van der Waals surface area contributed by atoms with Gasteiger partial charge in [-0.3, -0.25) is 33.5 Å². The molecule has 2 unspecified atom stereocenters. The van der Waals surface area contributed by atoms with E-state index in [4.69, 9.17) is 31.0 Å². The van der Waals surface area contributed by atoms with E-state index in [1.807, 2.05) is 9.91 Å². The van der Waals surface area contributed by atoms with Crippen molar-refractivity contribution in [3.05, 3.63) is 101 Å². The zero-order chi connectivity index (χ0) is 43.9. The molecule has 1 amide bonds. The number of aliphatic hydroxyl groups is 4. The minimum Gasteiger partial charge on any atom is -0.478 e.